The van der Waals surface area contributed by atoms with E-state index >= 15 is 0 Å². The third-order valence-corrected chi connectivity index (χ3v) is 6.83. The van der Waals surface area contributed by atoms with Crippen LogP contribution in [0.25, 0.3) is 11.0 Å². The van der Waals surface area contributed by atoms with E-state index in [0.29, 0.717) is 22.8 Å². The van der Waals surface area contributed by atoms with Crippen molar-refractivity contribution in [1.82, 2.24) is 14.9 Å². The maximum Gasteiger partial charge on any atom is 0.252 e. The van der Waals surface area contributed by atoms with E-state index in [1.807, 2.05) is 25.1 Å². The summed E-state index contributed by atoms with van der Waals surface area (Å²) in [5, 5.41) is 3.11. The number of imidazole rings is 1. The third kappa shape index (κ3) is 7.40. The van der Waals surface area contributed by atoms with Gasteiger partial charge in [0.15, 0.2) is 11.5 Å². The van der Waals surface area contributed by atoms with Gasteiger partial charge in [-0.15, -0.1) is 0 Å². The summed E-state index contributed by atoms with van der Waals surface area (Å²) >= 11 is 0. The molecule has 1 unspecified atom stereocenters. The number of nitrogens with zero attached hydrogens (tertiary/aromatic N) is 2. The quantitative estimate of drug-likeness (QED) is 0.209. The maximum absolute atomic E-state index is 13.2. The van der Waals surface area contributed by atoms with Gasteiger partial charge < -0.3 is 24.1 Å². The normalized spacial score (nSPS) is 11.9. The fourth-order valence-electron chi connectivity index (χ4n) is 4.80. The standard InChI is InChI=1S/C30H43N3O4/c1-6-7-8-9-10-11-12-13-16-19-33-25-18-15-14-17-24(25)32-29(33)22(2)31-30(34)23-20-26(35-3)28(37-5)27(21-23)36-4/h14-15,17-18,20-22H,6-13,16,19H2,1-5H3,(H,31,34). The second-order valence-corrected chi connectivity index (χ2v) is 9.55. The lowest BCUT2D eigenvalue weighted by Gasteiger charge is -2.18. The molecule has 2 aromatic carbocycles. The summed E-state index contributed by atoms with van der Waals surface area (Å²) < 4.78 is 18.5. The third-order valence-electron chi connectivity index (χ3n) is 6.83. The highest BCUT2D eigenvalue weighted by Crippen LogP contribution is 2.38. The molecule has 7 heteroatoms. The van der Waals surface area contributed by atoms with Crippen molar-refractivity contribution in [3.05, 3.63) is 47.8 Å². The number of fused-ring (bicyclic) bond motifs is 1. The first-order valence-corrected chi connectivity index (χ1v) is 13.6. The average Bonchev–Trinajstić information content (AvgIpc) is 3.29. The van der Waals surface area contributed by atoms with Gasteiger partial charge in [0, 0.05) is 12.1 Å². The van der Waals surface area contributed by atoms with Crippen molar-refractivity contribution in [3.8, 4) is 17.2 Å². The van der Waals surface area contributed by atoms with Crippen LogP contribution < -0.4 is 19.5 Å². The van der Waals surface area contributed by atoms with E-state index < -0.39 is 0 Å². The summed E-state index contributed by atoms with van der Waals surface area (Å²) in [6.07, 6.45) is 11.6. The van der Waals surface area contributed by atoms with Gasteiger partial charge in [-0.05, 0) is 37.6 Å². The summed E-state index contributed by atoms with van der Waals surface area (Å²) in [6, 6.07) is 11.2. The molecule has 1 aromatic heterocycles. The van der Waals surface area contributed by atoms with Crippen molar-refractivity contribution in [3.63, 3.8) is 0 Å². The van der Waals surface area contributed by atoms with Gasteiger partial charge in [0.2, 0.25) is 5.75 Å². The monoisotopic (exact) mass is 509 g/mol. The Labute approximate surface area is 221 Å². The van der Waals surface area contributed by atoms with Crippen molar-refractivity contribution in [1.29, 1.82) is 0 Å². The number of benzene rings is 2. The zero-order chi connectivity index (χ0) is 26.6. The Morgan fingerprint density at radius 2 is 1.49 bits per heavy atom. The number of ether oxygens (including phenoxy) is 3. The van der Waals surface area contributed by atoms with Gasteiger partial charge in [-0.2, -0.15) is 0 Å². The van der Waals surface area contributed by atoms with Gasteiger partial charge in [0.1, 0.15) is 5.82 Å². The molecular formula is C30H43N3O4. The molecule has 1 heterocycles. The second-order valence-electron chi connectivity index (χ2n) is 9.55. The number of hydrogen-bond acceptors (Lipinski definition) is 5. The Morgan fingerprint density at radius 3 is 2.08 bits per heavy atom. The summed E-state index contributed by atoms with van der Waals surface area (Å²) in [6.45, 7) is 5.12. The number of carbonyl (C=O) groups excluding carboxylic acids is 1. The van der Waals surface area contributed by atoms with E-state index in [4.69, 9.17) is 19.2 Å². The van der Waals surface area contributed by atoms with Crippen molar-refractivity contribution >= 4 is 16.9 Å². The van der Waals surface area contributed by atoms with Crippen LogP contribution >= 0.6 is 0 Å². The van der Waals surface area contributed by atoms with Gasteiger partial charge in [-0.25, -0.2) is 4.98 Å². The Bertz CT molecular complexity index is 1120. The molecule has 7 nitrogen and oxygen atoms in total. The number of aryl methyl sites for hydroxylation is 1. The minimum absolute atomic E-state index is 0.228. The van der Waals surface area contributed by atoms with E-state index in [1.165, 1.54) is 65.6 Å². The first-order chi connectivity index (χ1) is 18.0. The number of nitrogens with one attached hydrogen (secondary N) is 1. The molecule has 0 radical (unpaired) electrons. The molecule has 1 atom stereocenters. The Morgan fingerprint density at radius 1 is 0.892 bits per heavy atom. The van der Waals surface area contributed by atoms with Crippen LogP contribution in [0.2, 0.25) is 0 Å². The number of rotatable bonds is 16. The summed E-state index contributed by atoms with van der Waals surface area (Å²) in [4.78, 5) is 18.1. The fraction of sp³-hybridized carbons (Fsp3) is 0.533. The van der Waals surface area contributed by atoms with Crippen molar-refractivity contribution in [2.45, 2.75) is 84.2 Å². The number of aromatic nitrogens is 2. The molecule has 0 saturated heterocycles. The van der Waals surface area contributed by atoms with E-state index in [-0.39, 0.29) is 11.9 Å². The number of para-hydroxylation sites is 2. The minimum Gasteiger partial charge on any atom is -0.493 e. The zero-order valence-corrected chi connectivity index (χ0v) is 23.1. The molecule has 202 valence electrons. The highest BCUT2D eigenvalue weighted by molar-refractivity contribution is 5.96. The predicted octanol–water partition coefficient (Wildman–Crippen LogP) is 7.08. The van der Waals surface area contributed by atoms with E-state index in [2.05, 4.69) is 22.9 Å². The lowest BCUT2D eigenvalue weighted by Crippen LogP contribution is -2.29. The largest absolute Gasteiger partial charge is 0.493 e. The van der Waals surface area contributed by atoms with Crippen molar-refractivity contribution < 1.29 is 19.0 Å². The Hall–Kier alpha value is -3.22. The lowest BCUT2D eigenvalue weighted by molar-refractivity contribution is 0.0936. The van der Waals surface area contributed by atoms with Crippen LogP contribution in [0.1, 0.15) is 93.9 Å². The van der Waals surface area contributed by atoms with Crippen molar-refractivity contribution in [2.75, 3.05) is 21.3 Å². The minimum atomic E-state index is -0.280. The molecule has 0 saturated carbocycles. The Kier molecular flexibility index (Phi) is 11.1. The van der Waals surface area contributed by atoms with Gasteiger partial charge in [0.25, 0.3) is 5.91 Å². The molecule has 0 spiro atoms. The second kappa shape index (κ2) is 14.5. The molecule has 0 aliphatic rings. The lowest BCUT2D eigenvalue weighted by atomic mass is 10.1. The Balaban J connectivity index is 1.69. The number of methoxy groups -OCH3 is 3. The highest BCUT2D eigenvalue weighted by Gasteiger charge is 2.21. The van der Waals surface area contributed by atoms with Crippen LogP contribution in [0, 0.1) is 0 Å². The highest BCUT2D eigenvalue weighted by atomic mass is 16.5. The van der Waals surface area contributed by atoms with Crippen LogP contribution in [0.4, 0.5) is 0 Å². The van der Waals surface area contributed by atoms with E-state index in [9.17, 15) is 4.79 Å². The summed E-state index contributed by atoms with van der Waals surface area (Å²) in [7, 11) is 4.62. The number of amides is 1. The molecule has 0 fully saturated rings. The van der Waals surface area contributed by atoms with Crippen LogP contribution in [-0.4, -0.2) is 36.8 Å². The molecule has 3 rings (SSSR count). The SMILES string of the molecule is CCCCCCCCCCCn1c(C(C)NC(=O)c2cc(OC)c(OC)c(OC)c2)nc2ccccc21. The fourth-order valence-corrected chi connectivity index (χ4v) is 4.80. The molecule has 3 aromatic rings. The predicted molar refractivity (Wildman–Crippen MR) is 149 cm³/mol. The van der Waals surface area contributed by atoms with Crippen LogP contribution in [0.3, 0.4) is 0 Å². The van der Waals surface area contributed by atoms with E-state index in [1.54, 1.807) is 19.2 Å². The molecule has 0 bridgehead atoms. The number of hydrogen-bond donors (Lipinski definition) is 1. The molecule has 0 aliphatic heterocycles. The molecule has 37 heavy (non-hydrogen) atoms. The molecular weight excluding hydrogens is 466 g/mol. The molecule has 1 amide bonds. The summed E-state index contributed by atoms with van der Waals surface area (Å²) in [5.74, 6) is 1.97. The first-order valence-electron chi connectivity index (χ1n) is 13.6. The zero-order valence-electron chi connectivity index (χ0n) is 23.1. The summed E-state index contributed by atoms with van der Waals surface area (Å²) in [5.41, 5.74) is 2.48. The van der Waals surface area contributed by atoms with Crippen LogP contribution in [-0.2, 0) is 6.54 Å². The van der Waals surface area contributed by atoms with Gasteiger partial charge in [-0.1, -0.05) is 70.4 Å². The van der Waals surface area contributed by atoms with Gasteiger partial charge >= 0.3 is 0 Å². The number of carbonyl (C=O) groups is 1. The topological polar surface area (TPSA) is 74.6 Å². The van der Waals surface area contributed by atoms with E-state index in [0.717, 1.165) is 29.8 Å². The molecule has 0 aliphatic carbocycles. The first kappa shape index (κ1) is 28.4. The van der Waals surface area contributed by atoms with Crippen LogP contribution in [0.15, 0.2) is 36.4 Å². The van der Waals surface area contributed by atoms with Gasteiger partial charge in [-0.3, -0.25) is 4.79 Å². The van der Waals surface area contributed by atoms with Crippen molar-refractivity contribution in [2.24, 2.45) is 0 Å². The van der Waals surface area contributed by atoms with Gasteiger partial charge in [0.05, 0.1) is 38.4 Å². The molecule has 1 N–H and O–H groups in total. The number of unbranched alkanes of at least 4 members (excludes halogenated alkanes) is 8. The maximum atomic E-state index is 13.2. The van der Waals surface area contributed by atoms with Crippen LogP contribution in [0.5, 0.6) is 17.2 Å². The smallest absolute Gasteiger partial charge is 0.252 e. The average molecular weight is 510 g/mol.